The van der Waals surface area contributed by atoms with Crippen LogP contribution in [0, 0.1) is 0 Å². The van der Waals surface area contributed by atoms with E-state index in [1.54, 1.807) is 6.07 Å². The van der Waals surface area contributed by atoms with E-state index in [4.69, 9.17) is 10.5 Å². The normalized spacial score (nSPS) is 19.6. The van der Waals surface area contributed by atoms with E-state index in [1.165, 1.54) is 0 Å². The summed E-state index contributed by atoms with van der Waals surface area (Å²) in [5, 5.41) is 0. The molecule has 2 N–H and O–H groups in total. The molecule has 0 radical (unpaired) electrons. The Morgan fingerprint density at radius 3 is 2.76 bits per heavy atom. The summed E-state index contributed by atoms with van der Waals surface area (Å²) >= 11 is 0. The minimum absolute atomic E-state index is 0.0304. The Kier molecular flexibility index (Phi) is 5.33. The minimum atomic E-state index is -4.12. The van der Waals surface area contributed by atoms with E-state index >= 15 is 0 Å². The van der Waals surface area contributed by atoms with Crippen molar-refractivity contribution in [3.05, 3.63) is 24.3 Å². The lowest BCUT2D eigenvalue weighted by molar-refractivity contribution is -0.136. The van der Waals surface area contributed by atoms with Crippen LogP contribution in [-0.4, -0.2) is 31.9 Å². The third-order valence-electron chi connectivity index (χ3n) is 3.53. The highest BCUT2D eigenvalue weighted by Gasteiger charge is 2.26. The van der Waals surface area contributed by atoms with Gasteiger partial charge < -0.3 is 15.4 Å². The van der Waals surface area contributed by atoms with Crippen molar-refractivity contribution in [2.45, 2.75) is 37.9 Å². The molecule has 21 heavy (non-hydrogen) atoms. The third-order valence-corrected chi connectivity index (χ3v) is 3.53. The van der Waals surface area contributed by atoms with Crippen molar-refractivity contribution < 1.29 is 17.9 Å². The van der Waals surface area contributed by atoms with Gasteiger partial charge in [-0.15, -0.1) is 0 Å². The van der Waals surface area contributed by atoms with Gasteiger partial charge in [0.15, 0.2) is 0 Å². The van der Waals surface area contributed by atoms with Crippen molar-refractivity contribution in [3.8, 4) is 5.75 Å². The molecule has 0 spiro atoms. The second kappa shape index (κ2) is 7.02. The van der Waals surface area contributed by atoms with Crippen LogP contribution in [0.15, 0.2) is 24.3 Å². The maximum atomic E-state index is 12.1. The molecule has 1 saturated heterocycles. The van der Waals surface area contributed by atoms with Gasteiger partial charge in [0.2, 0.25) is 0 Å². The fourth-order valence-corrected chi connectivity index (χ4v) is 2.52. The molecular weight excluding hydrogens is 281 g/mol. The van der Waals surface area contributed by atoms with Gasteiger partial charge in [0.05, 0.1) is 12.3 Å². The number of hydrogen-bond acceptors (Lipinski definition) is 3. The van der Waals surface area contributed by atoms with Crippen molar-refractivity contribution in [1.29, 1.82) is 0 Å². The number of ether oxygens (including phenoxy) is 1. The van der Waals surface area contributed by atoms with Crippen LogP contribution in [0.5, 0.6) is 5.75 Å². The summed E-state index contributed by atoms with van der Waals surface area (Å²) in [6.07, 6.45) is -2.95. The predicted molar refractivity (Wildman–Crippen MR) is 76.6 cm³/mol. The smallest absolute Gasteiger partial charge is 0.389 e. The number of piperidine rings is 1. The number of para-hydroxylation sites is 2. The van der Waals surface area contributed by atoms with Gasteiger partial charge in [-0.05, 0) is 31.4 Å². The Bertz CT molecular complexity index is 451. The van der Waals surface area contributed by atoms with Gasteiger partial charge >= 0.3 is 6.18 Å². The number of nitrogens with two attached hydrogens (primary N) is 1. The Morgan fingerprint density at radius 2 is 2.05 bits per heavy atom. The van der Waals surface area contributed by atoms with E-state index in [0.717, 1.165) is 31.6 Å². The summed E-state index contributed by atoms with van der Waals surface area (Å²) in [5.41, 5.74) is 6.89. The van der Waals surface area contributed by atoms with E-state index in [9.17, 15) is 13.2 Å². The molecular formula is C15H21F3N2O. The van der Waals surface area contributed by atoms with E-state index in [2.05, 4.69) is 4.90 Å². The lowest BCUT2D eigenvalue weighted by Crippen LogP contribution is -2.43. The monoisotopic (exact) mass is 302 g/mol. The summed E-state index contributed by atoms with van der Waals surface area (Å²) in [6.45, 7) is 1.72. The number of nitrogens with zero attached hydrogens (tertiary/aromatic N) is 1. The maximum Gasteiger partial charge on any atom is 0.389 e. The second-order valence-electron chi connectivity index (χ2n) is 5.38. The molecule has 1 atom stereocenters. The predicted octanol–water partition coefficient (Wildman–Crippen LogP) is 3.34. The maximum absolute atomic E-state index is 12.1. The van der Waals surface area contributed by atoms with Crippen LogP contribution in [0.2, 0.25) is 0 Å². The molecule has 1 aromatic rings. The third kappa shape index (κ3) is 5.12. The van der Waals surface area contributed by atoms with Gasteiger partial charge in [-0.3, -0.25) is 0 Å². The lowest BCUT2D eigenvalue weighted by Gasteiger charge is -2.33. The van der Waals surface area contributed by atoms with Crippen molar-refractivity contribution in [3.63, 3.8) is 0 Å². The summed E-state index contributed by atoms with van der Waals surface area (Å²) in [6, 6.07) is 7.59. The molecule has 1 heterocycles. The zero-order chi connectivity index (χ0) is 15.3. The van der Waals surface area contributed by atoms with Gasteiger partial charge in [0, 0.05) is 25.6 Å². The van der Waals surface area contributed by atoms with Crippen molar-refractivity contribution in [2.75, 3.05) is 24.6 Å². The van der Waals surface area contributed by atoms with Gasteiger partial charge in [-0.2, -0.15) is 13.2 Å². The summed E-state index contributed by atoms with van der Waals surface area (Å²) in [4.78, 5) is 2.15. The standard InChI is InChI=1S/C15H21F3N2O/c16-15(17,18)8-4-10-21-14-7-2-1-6-13(14)20-9-3-5-12(19)11-20/h1-2,6-7,12H,3-5,8-11,19H2. The molecule has 118 valence electrons. The van der Waals surface area contributed by atoms with Crippen LogP contribution in [-0.2, 0) is 0 Å². The SMILES string of the molecule is NC1CCCN(c2ccccc2OCCCC(F)(F)F)C1. The Morgan fingerprint density at radius 1 is 1.29 bits per heavy atom. The first-order valence-corrected chi connectivity index (χ1v) is 7.25. The molecule has 1 aliphatic rings. The Labute approximate surface area is 122 Å². The van der Waals surface area contributed by atoms with Crippen LogP contribution in [0.3, 0.4) is 0 Å². The number of halogens is 3. The number of alkyl halides is 3. The van der Waals surface area contributed by atoms with Crippen LogP contribution in [0.25, 0.3) is 0 Å². The molecule has 0 aromatic heterocycles. The molecule has 0 amide bonds. The number of rotatable bonds is 5. The zero-order valence-electron chi connectivity index (χ0n) is 11.9. The first-order valence-electron chi connectivity index (χ1n) is 7.25. The highest BCUT2D eigenvalue weighted by molar-refractivity contribution is 5.58. The summed E-state index contributed by atoms with van der Waals surface area (Å²) < 4.78 is 41.9. The fourth-order valence-electron chi connectivity index (χ4n) is 2.52. The second-order valence-corrected chi connectivity index (χ2v) is 5.38. The van der Waals surface area contributed by atoms with E-state index in [0.29, 0.717) is 5.75 Å². The van der Waals surface area contributed by atoms with Crippen LogP contribution >= 0.6 is 0 Å². The van der Waals surface area contributed by atoms with Crippen LogP contribution < -0.4 is 15.4 Å². The number of benzene rings is 1. The van der Waals surface area contributed by atoms with Gasteiger partial charge in [-0.1, -0.05) is 12.1 Å². The highest BCUT2D eigenvalue weighted by atomic mass is 19.4. The number of anilines is 1. The number of hydrogen-bond donors (Lipinski definition) is 1. The minimum Gasteiger partial charge on any atom is -0.491 e. The molecule has 1 aromatic carbocycles. The zero-order valence-corrected chi connectivity index (χ0v) is 11.9. The Balaban J connectivity index is 1.93. The molecule has 0 aliphatic carbocycles. The summed E-state index contributed by atoms with van der Waals surface area (Å²) in [5.74, 6) is 0.633. The van der Waals surface area contributed by atoms with Gasteiger partial charge in [0.25, 0.3) is 0 Å². The molecule has 1 fully saturated rings. The Hall–Kier alpha value is -1.43. The molecule has 2 rings (SSSR count). The van der Waals surface area contributed by atoms with Crippen molar-refractivity contribution in [1.82, 2.24) is 0 Å². The van der Waals surface area contributed by atoms with E-state index in [-0.39, 0.29) is 19.1 Å². The average molecular weight is 302 g/mol. The van der Waals surface area contributed by atoms with Crippen molar-refractivity contribution >= 4 is 5.69 Å². The molecule has 1 aliphatic heterocycles. The van der Waals surface area contributed by atoms with Crippen molar-refractivity contribution in [2.24, 2.45) is 5.73 Å². The average Bonchev–Trinajstić information content (AvgIpc) is 2.43. The fraction of sp³-hybridized carbons (Fsp3) is 0.600. The highest BCUT2D eigenvalue weighted by Crippen LogP contribution is 2.30. The molecule has 3 nitrogen and oxygen atoms in total. The van der Waals surface area contributed by atoms with E-state index in [1.807, 2.05) is 18.2 Å². The van der Waals surface area contributed by atoms with Gasteiger partial charge in [0.1, 0.15) is 5.75 Å². The lowest BCUT2D eigenvalue weighted by atomic mass is 10.1. The first kappa shape index (κ1) is 15.9. The van der Waals surface area contributed by atoms with Crippen LogP contribution in [0.1, 0.15) is 25.7 Å². The van der Waals surface area contributed by atoms with E-state index < -0.39 is 12.6 Å². The first-order chi connectivity index (χ1) is 9.96. The summed E-state index contributed by atoms with van der Waals surface area (Å²) in [7, 11) is 0. The molecule has 6 heteroatoms. The van der Waals surface area contributed by atoms with Gasteiger partial charge in [-0.25, -0.2) is 0 Å². The quantitative estimate of drug-likeness (QED) is 0.848. The van der Waals surface area contributed by atoms with Crippen LogP contribution in [0.4, 0.5) is 18.9 Å². The molecule has 0 saturated carbocycles. The molecule has 0 bridgehead atoms. The largest absolute Gasteiger partial charge is 0.491 e. The molecule has 1 unspecified atom stereocenters. The topological polar surface area (TPSA) is 38.5 Å².